The fraction of sp³-hybridized carbons (Fsp3) is 0.364. The van der Waals surface area contributed by atoms with E-state index < -0.39 is 0 Å². The fourth-order valence-electron chi connectivity index (χ4n) is 1.94. The third-order valence-electron chi connectivity index (χ3n) is 2.60. The smallest absolute Gasteiger partial charge is 0.414 e. The number of aryl methyl sites for hydroxylation is 1. The number of benzene rings is 1. The molecule has 0 saturated carbocycles. The minimum atomic E-state index is -0.356. The van der Waals surface area contributed by atoms with Crippen molar-refractivity contribution in [2.24, 2.45) is 0 Å². The summed E-state index contributed by atoms with van der Waals surface area (Å²) >= 11 is 9.56. The van der Waals surface area contributed by atoms with Crippen molar-refractivity contribution >= 4 is 39.3 Å². The highest BCUT2D eigenvalue weighted by atomic mass is 79.9. The first-order chi connectivity index (χ1) is 7.63. The van der Waals surface area contributed by atoms with Gasteiger partial charge in [-0.25, -0.2) is 4.79 Å². The number of carbonyl (C=O) groups excluding carboxylic acids is 1. The number of anilines is 1. The molecule has 1 aliphatic heterocycles. The standard InChI is InChI=1S/C11H11BrClNO2/c1-16-11(15)14-4-2-3-7-5-8(12)6-9(13)10(7)14/h5-6H,2-4H2,1H3. The molecule has 2 rings (SSSR count). The Kier molecular flexibility index (Phi) is 3.40. The first-order valence-corrected chi connectivity index (χ1v) is 6.14. The highest BCUT2D eigenvalue weighted by Gasteiger charge is 2.25. The van der Waals surface area contributed by atoms with Crippen LogP contribution in [0.4, 0.5) is 10.5 Å². The van der Waals surface area contributed by atoms with Crippen LogP contribution in [0.25, 0.3) is 0 Å². The lowest BCUT2D eigenvalue weighted by molar-refractivity contribution is 0.178. The molecule has 1 aliphatic rings. The Morgan fingerprint density at radius 3 is 3.00 bits per heavy atom. The van der Waals surface area contributed by atoms with Gasteiger partial charge in [0.1, 0.15) is 0 Å². The minimum absolute atomic E-state index is 0.356. The zero-order valence-corrected chi connectivity index (χ0v) is 11.1. The zero-order valence-electron chi connectivity index (χ0n) is 8.80. The Balaban J connectivity index is 2.49. The van der Waals surface area contributed by atoms with E-state index in [-0.39, 0.29) is 6.09 Å². The van der Waals surface area contributed by atoms with Crippen LogP contribution in [0.2, 0.25) is 5.02 Å². The van der Waals surface area contributed by atoms with Crippen molar-refractivity contribution < 1.29 is 9.53 Å². The van der Waals surface area contributed by atoms with Gasteiger partial charge in [-0.2, -0.15) is 0 Å². The Hall–Kier alpha value is -0.740. The largest absolute Gasteiger partial charge is 0.452 e. The lowest BCUT2D eigenvalue weighted by Gasteiger charge is -2.29. The van der Waals surface area contributed by atoms with Gasteiger partial charge in [0.25, 0.3) is 0 Å². The van der Waals surface area contributed by atoms with E-state index in [9.17, 15) is 4.79 Å². The van der Waals surface area contributed by atoms with Gasteiger partial charge in [-0.3, -0.25) is 4.90 Å². The molecule has 1 amide bonds. The molecule has 86 valence electrons. The van der Waals surface area contributed by atoms with Crippen LogP contribution in [0.15, 0.2) is 16.6 Å². The summed E-state index contributed by atoms with van der Waals surface area (Å²) in [6.45, 7) is 0.654. The van der Waals surface area contributed by atoms with Crippen LogP contribution in [-0.2, 0) is 11.2 Å². The zero-order chi connectivity index (χ0) is 11.7. The molecule has 3 nitrogen and oxygen atoms in total. The summed E-state index contributed by atoms with van der Waals surface area (Å²) in [5.41, 5.74) is 1.86. The number of nitrogens with zero attached hydrogens (tertiary/aromatic N) is 1. The second-order valence-electron chi connectivity index (χ2n) is 3.62. The second kappa shape index (κ2) is 4.63. The lowest BCUT2D eigenvalue weighted by atomic mass is 10.0. The molecule has 0 unspecified atom stereocenters. The predicted octanol–water partition coefficient (Wildman–Crippen LogP) is 3.62. The van der Waals surface area contributed by atoms with E-state index in [1.54, 1.807) is 11.0 Å². The average Bonchev–Trinajstić information content (AvgIpc) is 2.26. The van der Waals surface area contributed by atoms with Crippen molar-refractivity contribution in [3.8, 4) is 0 Å². The molecule has 5 heteroatoms. The van der Waals surface area contributed by atoms with Gasteiger partial charge in [0.15, 0.2) is 0 Å². The normalized spacial score (nSPS) is 14.6. The molecule has 1 aromatic carbocycles. The van der Waals surface area contributed by atoms with Gasteiger partial charge in [0.05, 0.1) is 17.8 Å². The van der Waals surface area contributed by atoms with E-state index >= 15 is 0 Å². The van der Waals surface area contributed by atoms with Crippen molar-refractivity contribution in [3.05, 3.63) is 27.2 Å². The van der Waals surface area contributed by atoms with Crippen LogP contribution in [-0.4, -0.2) is 19.7 Å². The quantitative estimate of drug-likeness (QED) is 0.732. The predicted molar refractivity (Wildman–Crippen MR) is 67.2 cm³/mol. The highest BCUT2D eigenvalue weighted by Crippen LogP contribution is 2.37. The Morgan fingerprint density at radius 1 is 1.56 bits per heavy atom. The lowest BCUT2D eigenvalue weighted by Crippen LogP contribution is -2.35. The van der Waals surface area contributed by atoms with Crippen LogP contribution in [0.1, 0.15) is 12.0 Å². The van der Waals surface area contributed by atoms with Crippen LogP contribution in [0, 0.1) is 0 Å². The van der Waals surface area contributed by atoms with Gasteiger partial charge >= 0.3 is 6.09 Å². The highest BCUT2D eigenvalue weighted by molar-refractivity contribution is 9.10. The maximum absolute atomic E-state index is 11.6. The van der Waals surface area contributed by atoms with E-state index in [0.717, 1.165) is 28.6 Å². The molecule has 0 fully saturated rings. The number of carbonyl (C=O) groups is 1. The van der Waals surface area contributed by atoms with Crippen molar-refractivity contribution in [1.29, 1.82) is 0 Å². The molecule has 0 N–H and O–H groups in total. The number of ether oxygens (including phenoxy) is 1. The van der Waals surface area contributed by atoms with Gasteiger partial charge in [0, 0.05) is 11.0 Å². The molecule has 0 aromatic heterocycles. The van der Waals surface area contributed by atoms with Gasteiger partial charge in [0.2, 0.25) is 0 Å². The summed E-state index contributed by atoms with van der Waals surface area (Å²) in [6.07, 6.45) is 1.50. The molecular weight excluding hydrogens is 293 g/mol. The summed E-state index contributed by atoms with van der Waals surface area (Å²) in [4.78, 5) is 13.2. The van der Waals surface area contributed by atoms with Crippen molar-refractivity contribution in [2.45, 2.75) is 12.8 Å². The topological polar surface area (TPSA) is 29.5 Å². The molecule has 0 aliphatic carbocycles. The molecule has 0 atom stereocenters. The number of hydrogen-bond donors (Lipinski definition) is 0. The van der Waals surface area contributed by atoms with Crippen LogP contribution in [0.3, 0.4) is 0 Å². The molecule has 1 heterocycles. The second-order valence-corrected chi connectivity index (χ2v) is 4.94. The molecule has 0 saturated heterocycles. The first-order valence-electron chi connectivity index (χ1n) is 4.97. The van der Waals surface area contributed by atoms with Gasteiger partial charge < -0.3 is 4.74 Å². The van der Waals surface area contributed by atoms with Crippen LogP contribution in [0.5, 0.6) is 0 Å². The van der Waals surface area contributed by atoms with Crippen molar-refractivity contribution in [2.75, 3.05) is 18.6 Å². The Morgan fingerprint density at radius 2 is 2.31 bits per heavy atom. The van der Waals surface area contributed by atoms with Gasteiger partial charge in [-0.05, 0) is 30.5 Å². The SMILES string of the molecule is COC(=O)N1CCCc2cc(Br)cc(Cl)c21. The van der Waals surface area contributed by atoms with E-state index in [1.165, 1.54) is 7.11 Å². The van der Waals surface area contributed by atoms with E-state index in [0.29, 0.717) is 11.6 Å². The molecule has 1 aromatic rings. The molecule has 0 spiro atoms. The minimum Gasteiger partial charge on any atom is -0.452 e. The molecule has 0 radical (unpaired) electrons. The third kappa shape index (κ3) is 2.04. The van der Waals surface area contributed by atoms with E-state index in [2.05, 4.69) is 15.9 Å². The summed E-state index contributed by atoms with van der Waals surface area (Å²) in [7, 11) is 1.38. The van der Waals surface area contributed by atoms with E-state index in [4.69, 9.17) is 16.3 Å². The Labute approximate surface area is 107 Å². The van der Waals surface area contributed by atoms with Crippen molar-refractivity contribution in [3.63, 3.8) is 0 Å². The maximum Gasteiger partial charge on any atom is 0.414 e. The molecular formula is C11H11BrClNO2. The summed E-state index contributed by atoms with van der Waals surface area (Å²) < 4.78 is 5.68. The molecule has 16 heavy (non-hydrogen) atoms. The summed E-state index contributed by atoms with van der Waals surface area (Å²) in [5.74, 6) is 0. The monoisotopic (exact) mass is 303 g/mol. The third-order valence-corrected chi connectivity index (χ3v) is 3.35. The maximum atomic E-state index is 11.6. The Bertz CT molecular complexity index is 436. The number of hydrogen-bond acceptors (Lipinski definition) is 2. The number of rotatable bonds is 0. The van der Waals surface area contributed by atoms with Crippen LogP contribution < -0.4 is 4.90 Å². The van der Waals surface area contributed by atoms with Gasteiger partial charge in [-0.1, -0.05) is 27.5 Å². The fourth-order valence-corrected chi connectivity index (χ4v) is 2.92. The molecule has 0 bridgehead atoms. The van der Waals surface area contributed by atoms with Gasteiger partial charge in [-0.15, -0.1) is 0 Å². The van der Waals surface area contributed by atoms with Crippen molar-refractivity contribution in [1.82, 2.24) is 0 Å². The number of methoxy groups -OCH3 is 1. The summed E-state index contributed by atoms with van der Waals surface area (Å²) in [6, 6.07) is 3.79. The number of fused-ring (bicyclic) bond motifs is 1. The first kappa shape index (κ1) is 11.7. The van der Waals surface area contributed by atoms with Crippen LogP contribution >= 0.6 is 27.5 Å². The summed E-state index contributed by atoms with van der Waals surface area (Å²) in [5, 5.41) is 0.578. The van der Waals surface area contributed by atoms with E-state index in [1.807, 2.05) is 6.07 Å². The number of amides is 1. The number of halogens is 2. The average molecular weight is 305 g/mol.